The first-order valence-corrected chi connectivity index (χ1v) is 10.2. The Bertz CT molecular complexity index is 1310. The number of fused-ring (bicyclic) bond motifs is 3. The number of nitrogens with zero attached hydrogens (tertiary/aromatic N) is 3. The fraction of sp³-hybridized carbons (Fsp3) is 0.190. The predicted octanol–water partition coefficient (Wildman–Crippen LogP) is 3.69. The SMILES string of the molecule is COc1ccc2nc(-n3ncc4c3NC(=O)C[C@H]4c3ccc4c(c3)OCO4)sc2c1. The number of rotatable bonds is 3. The number of aromatic nitrogens is 3. The van der Waals surface area contributed by atoms with E-state index in [0.29, 0.717) is 23.1 Å². The molecule has 30 heavy (non-hydrogen) atoms. The highest BCUT2D eigenvalue weighted by Gasteiger charge is 2.32. The van der Waals surface area contributed by atoms with E-state index in [4.69, 9.17) is 14.2 Å². The van der Waals surface area contributed by atoms with E-state index in [1.54, 1.807) is 18.0 Å². The lowest BCUT2D eigenvalue weighted by Crippen LogP contribution is -2.24. The summed E-state index contributed by atoms with van der Waals surface area (Å²) in [4.78, 5) is 17.2. The molecule has 1 atom stereocenters. The van der Waals surface area contributed by atoms with Crippen molar-refractivity contribution < 1.29 is 19.0 Å². The number of nitrogens with one attached hydrogen (secondary N) is 1. The van der Waals surface area contributed by atoms with Gasteiger partial charge in [-0.3, -0.25) is 4.79 Å². The van der Waals surface area contributed by atoms with Gasteiger partial charge in [0.05, 0.1) is 23.5 Å². The van der Waals surface area contributed by atoms with E-state index < -0.39 is 0 Å². The molecular formula is C21H16N4O4S. The van der Waals surface area contributed by atoms with Crippen LogP contribution in [0, 0.1) is 0 Å². The van der Waals surface area contributed by atoms with Gasteiger partial charge in [-0.25, -0.2) is 4.98 Å². The molecule has 0 radical (unpaired) electrons. The summed E-state index contributed by atoms with van der Waals surface area (Å²) in [6, 6.07) is 11.5. The van der Waals surface area contributed by atoms with Crippen LogP contribution in [0.5, 0.6) is 17.2 Å². The molecule has 0 fully saturated rings. The highest BCUT2D eigenvalue weighted by molar-refractivity contribution is 7.20. The Balaban J connectivity index is 1.44. The standard InChI is InChI=1S/C21H16N4O4S/c1-27-12-3-4-15-18(7-12)30-21(23-15)25-20-14(9-22-25)13(8-19(26)24-20)11-2-5-16-17(6-11)29-10-28-16/h2-7,9,13H,8,10H2,1H3,(H,24,26)/t13-/m0/s1. The van der Waals surface area contributed by atoms with Crippen LogP contribution in [-0.4, -0.2) is 34.6 Å². The zero-order valence-electron chi connectivity index (χ0n) is 15.9. The Morgan fingerprint density at radius 3 is 3.00 bits per heavy atom. The van der Waals surface area contributed by atoms with E-state index in [1.807, 2.05) is 36.4 Å². The number of hydrogen-bond donors (Lipinski definition) is 1. The summed E-state index contributed by atoms with van der Waals surface area (Å²) in [5.41, 5.74) is 2.80. The summed E-state index contributed by atoms with van der Waals surface area (Å²) in [5, 5.41) is 8.21. The molecule has 1 N–H and O–H groups in total. The van der Waals surface area contributed by atoms with E-state index in [1.165, 1.54) is 11.3 Å². The van der Waals surface area contributed by atoms with Crippen LogP contribution in [0.4, 0.5) is 5.82 Å². The summed E-state index contributed by atoms with van der Waals surface area (Å²) < 4.78 is 18.9. The molecule has 4 aromatic rings. The van der Waals surface area contributed by atoms with E-state index in [-0.39, 0.29) is 18.6 Å². The number of hydrogen-bond acceptors (Lipinski definition) is 7. The van der Waals surface area contributed by atoms with Crippen molar-refractivity contribution in [3.63, 3.8) is 0 Å². The second-order valence-electron chi connectivity index (χ2n) is 7.11. The van der Waals surface area contributed by atoms with Gasteiger partial charge < -0.3 is 19.5 Å². The van der Waals surface area contributed by atoms with Crippen molar-refractivity contribution in [2.75, 3.05) is 19.2 Å². The molecule has 2 aliphatic rings. The molecule has 0 spiro atoms. The second-order valence-corrected chi connectivity index (χ2v) is 8.12. The Morgan fingerprint density at radius 1 is 1.20 bits per heavy atom. The van der Waals surface area contributed by atoms with Crippen LogP contribution in [0.2, 0.25) is 0 Å². The average molecular weight is 420 g/mol. The lowest BCUT2D eigenvalue weighted by atomic mass is 9.87. The fourth-order valence-corrected chi connectivity index (χ4v) is 4.86. The van der Waals surface area contributed by atoms with Gasteiger partial charge in [-0.05, 0) is 35.9 Å². The number of amides is 1. The van der Waals surface area contributed by atoms with Gasteiger partial charge in [0.25, 0.3) is 0 Å². The fourth-order valence-electron chi connectivity index (χ4n) is 3.90. The first-order valence-electron chi connectivity index (χ1n) is 9.42. The van der Waals surface area contributed by atoms with Gasteiger partial charge in [0.1, 0.15) is 11.6 Å². The number of carbonyl (C=O) groups excluding carboxylic acids is 1. The van der Waals surface area contributed by atoms with Crippen LogP contribution in [0.1, 0.15) is 23.5 Å². The number of anilines is 1. The average Bonchev–Trinajstić information content (AvgIpc) is 3.48. The first kappa shape index (κ1) is 17.3. The molecule has 0 unspecified atom stereocenters. The molecule has 0 saturated heterocycles. The molecule has 4 heterocycles. The van der Waals surface area contributed by atoms with Crippen molar-refractivity contribution in [2.24, 2.45) is 0 Å². The van der Waals surface area contributed by atoms with Gasteiger partial charge in [-0.2, -0.15) is 9.78 Å². The Morgan fingerprint density at radius 2 is 2.10 bits per heavy atom. The number of carbonyl (C=O) groups is 1. The molecule has 2 aliphatic heterocycles. The van der Waals surface area contributed by atoms with Crippen LogP contribution in [0.3, 0.4) is 0 Å². The molecular weight excluding hydrogens is 404 g/mol. The third kappa shape index (κ3) is 2.62. The molecule has 2 aromatic heterocycles. The zero-order valence-corrected chi connectivity index (χ0v) is 16.7. The molecule has 0 bridgehead atoms. The summed E-state index contributed by atoms with van der Waals surface area (Å²) >= 11 is 1.49. The maximum absolute atomic E-state index is 12.5. The molecule has 6 rings (SSSR count). The van der Waals surface area contributed by atoms with Crippen LogP contribution in [-0.2, 0) is 4.79 Å². The molecule has 2 aromatic carbocycles. The molecule has 8 nitrogen and oxygen atoms in total. The molecule has 150 valence electrons. The molecule has 0 aliphatic carbocycles. The van der Waals surface area contributed by atoms with E-state index in [0.717, 1.165) is 32.8 Å². The van der Waals surface area contributed by atoms with Gasteiger partial charge in [-0.15, -0.1) is 0 Å². The van der Waals surface area contributed by atoms with Gasteiger partial charge >= 0.3 is 0 Å². The van der Waals surface area contributed by atoms with Crippen molar-refractivity contribution in [2.45, 2.75) is 12.3 Å². The lowest BCUT2D eigenvalue weighted by Gasteiger charge is -2.23. The third-order valence-electron chi connectivity index (χ3n) is 5.38. The summed E-state index contributed by atoms with van der Waals surface area (Å²) in [6.07, 6.45) is 2.14. The van der Waals surface area contributed by atoms with Gasteiger partial charge in [0.15, 0.2) is 11.5 Å². The topological polar surface area (TPSA) is 87.5 Å². The molecule has 9 heteroatoms. The Hall–Kier alpha value is -3.59. The monoisotopic (exact) mass is 420 g/mol. The normalized spacial score (nSPS) is 17.1. The van der Waals surface area contributed by atoms with Crippen LogP contribution in [0.25, 0.3) is 15.3 Å². The molecule has 0 saturated carbocycles. The van der Waals surface area contributed by atoms with Gasteiger partial charge in [0, 0.05) is 17.9 Å². The highest BCUT2D eigenvalue weighted by Crippen LogP contribution is 2.42. The molecule has 1 amide bonds. The maximum Gasteiger partial charge on any atom is 0.231 e. The number of benzene rings is 2. The minimum Gasteiger partial charge on any atom is -0.497 e. The van der Waals surface area contributed by atoms with Gasteiger partial charge in [-0.1, -0.05) is 17.4 Å². The van der Waals surface area contributed by atoms with Crippen molar-refractivity contribution in [3.8, 4) is 22.4 Å². The van der Waals surface area contributed by atoms with Gasteiger partial charge in [0.2, 0.25) is 17.8 Å². The predicted molar refractivity (Wildman–Crippen MR) is 111 cm³/mol. The third-order valence-corrected chi connectivity index (χ3v) is 6.38. The van der Waals surface area contributed by atoms with E-state index in [9.17, 15) is 4.79 Å². The van der Waals surface area contributed by atoms with Crippen LogP contribution >= 0.6 is 11.3 Å². The van der Waals surface area contributed by atoms with Crippen molar-refractivity contribution in [1.29, 1.82) is 0 Å². The minimum absolute atomic E-state index is 0.0605. The number of thiazole rings is 1. The minimum atomic E-state index is -0.119. The Labute approximate surface area is 175 Å². The number of methoxy groups -OCH3 is 1. The van der Waals surface area contributed by atoms with Crippen molar-refractivity contribution >= 4 is 33.3 Å². The highest BCUT2D eigenvalue weighted by atomic mass is 32.1. The van der Waals surface area contributed by atoms with Crippen molar-refractivity contribution in [1.82, 2.24) is 14.8 Å². The first-order chi connectivity index (χ1) is 14.7. The van der Waals surface area contributed by atoms with Crippen LogP contribution in [0.15, 0.2) is 42.6 Å². The lowest BCUT2D eigenvalue weighted by molar-refractivity contribution is -0.116. The largest absolute Gasteiger partial charge is 0.497 e. The zero-order chi connectivity index (χ0) is 20.2. The number of ether oxygens (including phenoxy) is 3. The smallest absolute Gasteiger partial charge is 0.231 e. The summed E-state index contributed by atoms with van der Waals surface area (Å²) in [7, 11) is 1.64. The van der Waals surface area contributed by atoms with E-state index in [2.05, 4.69) is 15.4 Å². The van der Waals surface area contributed by atoms with E-state index >= 15 is 0 Å². The summed E-state index contributed by atoms with van der Waals surface area (Å²) in [5.74, 6) is 2.67. The summed E-state index contributed by atoms with van der Waals surface area (Å²) in [6.45, 7) is 0.218. The maximum atomic E-state index is 12.5. The quantitative estimate of drug-likeness (QED) is 0.544. The second kappa shape index (κ2) is 6.46. The Kier molecular flexibility index (Phi) is 3.72. The van der Waals surface area contributed by atoms with Crippen molar-refractivity contribution in [3.05, 3.63) is 53.7 Å². The van der Waals surface area contributed by atoms with Crippen LogP contribution < -0.4 is 19.5 Å².